The summed E-state index contributed by atoms with van der Waals surface area (Å²) in [4.78, 5) is 45.7. The second-order valence-electron chi connectivity index (χ2n) is 9.25. The third-order valence-electron chi connectivity index (χ3n) is 6.43. The number of ether oxygens (including phenoxy) is 1. The highest BCUT2D eigenvalue weighted by atomic mass is 19.1. The fourth-order valence-electron chi connectivity index (χ4n) is 4.22. The van der Waals surface area contributed by atoms with Crippen LogP contribution < -0.4 is 20.7 Å². The predicted molar refractivity (Wildman–Crippen MR) is 136 cm³/mol. The lowest BCUT2D eigenvalue weighted by Crippen LogP contribution is -2.60. The lowest BCUT2D eigenvalue weighted by molar-refractivity contribution is -0.132. The SMILES string of the molecule is N#Cc1c(Oc2ccc(NC(=O)C3CN(CC4CC4)C(=O)N(c4ccc(F)cc4)C3=O)cc2F)ccnc1N. The molecule has 3 aromatic rings. The molecule has 1 aliphatic heterocycles. The number of nitrogen functional groups attached to an aromatic ring is 1. The third-order valence-corrected chi connectivity index (χ3v) is 6.43. The molecule has 1 unspecified atom stereocenters. The summed E-state index contributed by atoms with van der Waals surface area (Å²) in [6, 6.07) is 11.1. The van der Waals surface area contributed by atoms with Gasteiger partial charge in [-0.2, -0.15) is 5.26 Å². The van der Waals surface area contributed by atoms with Gasteiger partial charge in [0.25, 0.3) is 0 Å². The number of benzene rings is 2. The number of aromatic nitrogens is 1. The van der Waals surface area contributed by atoms with Crippen molar-refractivity contribution in [2.45, 2.75) is 12.8 Å². The van der Waals surface area contributed by atoms with Crippen molar-refractivity contribution in [1.82, 2.24) is 9.88 Å². The molecule has 0 radical (unpaired) electrons. The second kappa shape index (κ2) is 10.4. The summed E-state index contributed by atoms with van der Waals surface area (Å²) in [5.41, 5.74) is 5.80. The molecule has 1 aromatic heterocycles. The largest absolute Gasteiger partial charge is 0.453 e. The van der Waals surface area contributed by atoms with Crippen LogP contribution in [0.2, 0.25) is 0 Å². The maximum Gasteiger partial charge on any atom is 0.331 e. The summed E-state index contributed by atoms with van der Waals surface area (Å²) in [6.07, 6.45) is 3.20. The van der Waals surface area contributed by atoms with Crippen molar-refractivity contribution >= 4 is 35.0 Å². The Labute approximate surface area is 221 Å². The van der Waals surface area contributed by atoms with Crippen LogP contribution in [0.15, 0.2) is 54.7 Å². The fraction of sp³-hybridized carbons (Fsp3) is 0.222. The summed E-state index contributed by atoms with van der Waals surface area (Å²) in [5, 5.41) is 11.8. The molecule has 2 heterocycles. The van der Waals surface area contributed by atoms with Gasteiger partial charge in [0.2, 0.25) is 11.8 Å². The van der Waals surface area contributed by atoms with E-state index in [-0.39, 0.29) is 40.8 Å². The van der Waals surface area contributed by atoms with E-state index in [1.165, 1.54) is 41.4 Å². The van der Waals surface area contributed by atoms with Crippen LogP contribution in [0, 0.1) is 34.8 Å². The lowest BCUT2D eigenvalue weighted by atomic mass is 10.0. The monoisotopic (exact) mass is 532 g/mol. The maximum atomic E-state index is 14.9. The molecule has 4 amide bonds. The van der Waals surface area contributed by atoms with Crippen molar-refractivity contribution in [2.24, 2.45) is 11.8 Å². The zero-order valence-electron chi connectivity index (χ0n) is 20.4. The normalized spacial score (nSPS) is 17.1. The number of nitrogens with zero attached hydrogens (tertiary/aromatic N) is 4. The number of nitrogens with two attached hydrogens (primary N) is 1. The number of nitriles is 1. The van der Waals surface area contributed by atoms with E-state index in [4.69, 9.17) is 10.5 Å². The van der Waals surface area contributed by atoms with Crippen molar-refractivity contribution in [3.63, 3.8) is 0 Å². The number of pyridine rings is 1. The van der Waals surface area contributed by atoms with E-state index in [0.717, 1.165) is 35.9 Å². The molecule has 1 aliphatic carbocycles. The lowest BCUT2D eigenvalue weighted by Gasteiger charge is -2.38. The molecule has 12 heteroatoms. The van der Waals surface area contributed by atoms with Crippen LogP contribution in [0.5, 0.6) is 11.5 Å². The summed E-state index contributed by atoms with van der Waals surface area (Å²) >= 11 is 0. The first kappa shape index (κ1) is 25.6. The zero-order valence-corrected chi connectivity index (χ0v) is 20.4. The van der Waals surface area contributed by atoms with Crippen molar-refractivity contribution in [3.05, 3.63) is 71.9 Å². The fourth-order valence-corrected chi connectivity index (χ4v) is 4.22. The summed E-state index contributed by atoms with van der Waals surface area (Å²) in [7, 11) is 0. The molecule has 1 saturated heterocycles. The predicted octanol–water partition coefficient (Wildman–Crippen LogP) is 4.04. The molecule has 2 fully saturated rings. The Morgan fingerprint density at radius 3 is 2.54 bits per heavy atom. The molecule has 39 heavy (non-hydrogen) atoms. The maximum absolute atomic E-state index is 14.9. The van der Waals surface area contributed by atoms with Crippen molar-refractivity contribution < 1.29 is 27.9 Å². The second-order valence-corrected chi connectivity index (χ2v) is 9.25. The summed E-state index contributed by atoms with van der Waals surface area (Å²) in [5.74, 6) is -4.16. The van der Waals surface area contributed by atoms with E-state index in [1.807, 2.05) is 6.07 Å². The van der Waals surface area contributed by atoms with Crippen LogP contribution in [-0.4, -0.2) is 40.8 Å². The Morgan fingerprint density at radius 2 is 1.87 bits per heavy atom. The molecular formula is C27H22F2N6O4. The van der Waals surface area contributed by atoms with Crippen LogP contribution in [0.25, 0.3) is 0 Å². The minimum absolute atomic E-state index is 0.00907. The van der Waals surface area contributed by atoms with Gasteiger partial charge in [-0.25, -0.2) is 23.5 Å². The smallest absolute Gasteiger partial charge is 0.331 e. The van der Waals surface area contributed by atoms with Crippen LogP contribution in [-0.2, 0) is 9.59 Å². The number of nitrogens with one attached hydrogen (secondary N) is 1. The standard InChI is InChI=1S/C27H22F2N6O4/c28-16-3-6-18(7-4-16)35-26(37)20(14-34(27(35)38)13-15-1-2-15)25(36)33-17-5-8-23(21(29)11-17)39-22-9-10-32-24(31)19(22)12-30/h3-11,15,20H,1-2,13-14H2,(H2,31,32)(H,33,36). The van der Waals surface area contributed by atoms with Gasteiger partial charge >= 0.3 is 6.03 Å². The van der Waals surface area contributed by atoms with E-state index in [9.17, 15) is 28.4 Å². The van der Waals surface area contributed by atoms with Gasteiger partial charge in [-0.3, -0.25) is 9.59 Å². The summed E-state index contributed by atoms with van der Waals surface area (Å²) < 4.78 is 33.8. The number of anilines is 3. The molecule has 2 aromatic carbocycles. The van der Waals surface area contributed by atoms with Gasteiger partial charge < -0.3 is 20.7 Å². The molecule has 198 valence electrons. The molecular weight excluding hydrogens is 510 g/mol. The first-order valence-corrected chi connectivity index (χ1v) is 12.1. The van der Waals surface area contributed by atoms with Gasteiger partial charge in [-0.05, 0) is 55.2 Å². The Morgan fingerprint density at radius 1 is 1.13 bits per heavy atom. The highest BCUT2D eigenvalue weighted by Gasteiger charge is 2.45. The Hall–Kier alpha value is -5.05. The molecule has 5 rings (SSSR count). The molecule has 0 bridgehead atoms. The minimum Gasteiger partial charge on any atom is -0.453 e. The van der Waals surface area contributed by atoms with Gasteiger partial charge in [-0.15, -0.1) is 0 Å². The average Bonchev–Trinajstić information content (AvgIpc) is 3.73. The number of carbonyl (C=O) groups excluding carboxylic acids is 3. The van der Waals surface area contributed by atoms with E-state index >= 15 is 0 Å². The highest BCUT2D eigenvalue weighted by molar-refractivity contribution is 6.23. The van der Waals surface area contributed by atoms with E-state index in [1.54, 1.807) is 0 Å². The Kier molecular flexibility index (Phi) is 6.81. The molecule has 0 spiro atoms. The van der Waals surface area contributed by atoms with Crippen molar-refractivity contribution in [3.8, 4) is 17.6 Å². The van der Waals surface area contributed by atoms with Gasteiger partial charge in [0.15, 0.2) is 17.3 Å². The number of urea groups is 1. The number of rotatable bonds is 7. The average molecular weight is 533 g/mol. The molecule has 10 nitrogen and oxygen atoms in total. The van der Waals surface area contributed by atoms with Crippen LogP contribution in [0.4, 0.5) is 30.8 Å². The number of hydrogen-bond donors (Lipinski definition) is 2. The minimum atomic E-state index is -1.27. The highest BCUT2D eigenvalue weighted by Crippen LogP contribution is 2.34. The Balaban J connectivity index is 1.35. The van der Waals surface area contributed by atoms with Crippen LogP contribution >= 0.6 is 0 Å². The van der Waals surface area contributed by atoms with Gasteiger partial charge in [0.1, 0.15) is 29.2 Å². The summed E-state index contributed by atoms with van der Waals surface area (Å²) in [6.45, 7) is 0.250. The topological polar surface area (TPSA) is 142 Å². The molecule has 2 aliphatic rings. The number of halogens is 2. The number of amides is 4. The molecule has 1 saturated carbocycles. The van der Waals surface area contributed by atoms with E-state index in [0.29, 0.717) is 12.5 Å². The first-order chi connectivity index (χ1) is 18.7. The van der Waals surface area contributed by atoms with Gasteiger partial charge in [0, 0.05) is 37.1 Å². The van der Waals surface area contributed by atoms with E-state index in [2.05, 4.69) is 10.3 Å². The number of hydrogen-bond acceptors (Lipinski definition) is 7. The quantitative estimate of drug-likeness (QED) is 0.438. The van der Waals surface area contributed by atoms with E-state index < -0.39 is 35.4 Å². The van der Waals surface area contributed by atoms with Crippen LogP contribution in [0.3, 0.4) is 0 Å². The number of carbonyl (C=O) groups is 3. The molecule has 3 N–H and O–H groups in total. The van der Waals surface area contributed by atoms with Gasteiger partial charge in [0.05, 0.1) is 5.69 Å². The van der Waals surface area contributed by atoms with Crippen molar-refractivity contribution in [2.75, 3.05) is 29.0 Å². The zero-order chi connectivity index (χ0) is 27.7. The van der Waals surface area contributed by atoms with Crippen molar-refractivity contribution in [1.29, 1.82) is 5.26 Å². The van der Waals surface area contributed by atoms with Gasteiger partial charge in [-0.1, -0.05) is 0 Å². The number of imide groups is 1. The van der Waals surface area contributed by atoms with Crippen LogP contribution in [0.1, 0.15) is 18.4 Å². The third kappa shape index (κ3) is 5.33. The molecule has 1 atom stereocenters. The Bertz CT molecular complexity index is 1500. The first-order valence-electron chi connectivity index (χ1n) is 12.1.